The summed E-state index contributed by atoms with van der Waals surface area (Å²) in [6.45, 7) is 21.1. The molecular formula is C53H86N3O16. The minimum absolute atomic E-state index is 0.0124. The van der Waals surface area contributed by atoms with E-state index in [1.807, 2.05) is 85.3 Å². The van der Waals surface area contributed by atoms with Crippen molar-refractivity contribution >= 4 is 23.6 Å². The van der Waals surface area contributed by atoms with Crippen LogP contribution in [0.2, 0.25) is 0 Å². The third kappa shape index (κ3) is 15.2. The van der Waals surface area contributed by atoms with Crippen molar-refractivity contribution in [1.82, 2.24) is 10.2 Å². The molecule has 4 heterocycles. The monoisotopic (exact) mass is 1020 g/mol. The number of oxime groups is 1. The first-order chi connectivity index (χ1) is 34.0. The molecule has 4 saturated heterocycles. The number of hydrogen-bond acceptors (Lipinski definition) is 18. The number of nitrogens with zero attached hydrogens (tertiary/aromatic N) is 2. The van der Waals surface area contributed by atoms with Crippen molar-refractivity contribution in [1.29, 1.82) is 0 Å². The number of nitrogens with one attached hydrogen (secondary N) is 1. The van der Waals surface area contributed by atoms with Gasteiger partial charge in [0.15, 0.2) is 30.3 Å². The first-order valence-electron chi connectivity index (χ1n) is 25.7. The maximum absolute atomic E-state index is 15.2. The number of alkyl carbamates (subject to hydrolysis) is 1. The highest BCUT2D eigenvalue weighted by Crippen LogP contribution is 2.39. The molecule has 409 valence electrons. The Balaban J connectivity index is 1.59. The summed E-state index contributed by atoms with van der Waals surface area (Å²) >= 11 is 0. The molecule has 5 rings (SSSR count). The number of carbonyl (C=O) groups excluding carboxylic acids is 3. The molecule has 4 aliphatic rings. The minimum atomic E-state index is -1.75. The van der Waals surface area contributed by atoms with Gasteiger partial charge < -0.3 is 72.6 Å². The third-order valence-electron chi connectivity index (χ3n) is 14.9. The number of Topliss-reactive ketones (excluding diaryl/α,β-unsaturated/α-hetero) is 1. The number of aliphatic hydroxyl groups is 2. The Labute approximate surface area is 427 Å². The van der Waals surface area contributed by atoms with E-state index in [4.69, 9.17) is 52.2 Å². The second-order valence-corrected chi connectivity index (χ2v) is 21.1. The Bertz CT molecular complexity index is 1900. The number of ketones is 1. The standard InChI is InChI=1S/C53H86N3O16/c1-28-21-29(2)48(59)53(11,72-52(61)54-25-38-19-17-16-18-20-38)24-30(3)44(71-50-42(58)39(55-64-15)23-33(6)67-50)35(8)45(69-40-22-32(5)56(12)26-34(7)66-40)36(9)49(60)70-43(28)31(4)27-65-51-47(63-14)46(62-13)41(57)37(10)68-51/h16-21,28-37,40-47,50-51,57-58H,22-27H2,1-15H3,(H,54,61)/t28-,29+,30-,31?,32-,33+,34-,35+,36+,37+,40-,41+,42+,43+,44-,45-,46+,47+,50-,51+,53-/m0/s1. The Kier molecular flexibility index (Phi) is 22.3. The molecule has 1 unspecified atom stereocenters. The van der Waals surface area contributed by atoms with E-state index in [9.17, 15) is 15.0 Å². The van der Waals surface area contributed by atoms with Crippen LogP contribution < -0.4 is 5.32 Å². The molecule has 0 aromatic heterocycles. The number of carbonyl (C=O) groups is 3. The van der Waals surface area contributed by atoms with Crippen molar-refractivity contribution in [3.63, 3.8) is 0 Å². The summed E-state index contributed by atoms with van der Waals surface area (Å²) in [6, 6.07) is 9.41. The number of ether oxygens (including phenoxy) is 10. The van der Waals surface area contributed by atoms with Gasteiger partial charge in [0.05, 0.1) is 48.8 Å². The zero-order chi connectivity index (χ0) is 53.2. The van der Waals surface area contributed by atoms with Crippen molar-refractivity contribution in [2.45, 2.75) is 194 Å². The van der Waals surface area contributed by atoms with Gasteiger partial charge in [-0.3, -0.25) is 9.59 Å². The van der Waals surface area contributed by atoms with Crippen molar-refractivity contribution in [2.24, 2.45) is 40.7 Å². The van der Waals surface area contributed by atoms with Gasteiger partial charge in [-0.1, -0.05) is 70.1 Å². The molecule has 0 bridgehead atoms. The zero-order valence-corrected chi connectivity index (χ0v) is 45.3. The lowest BCUT2D eigenvalue weighted by molar-refractivity contribution is -0.305. The largest absolute Gasteiger partial charge is 0.461 e. The summed E-state index contributed by atoms with van der Waals surface area (Å²) in [5, 5.41) is 29.4. The average Bonchev–Trinajstić information content (AvgIpc) is 3.45. The van der Waals surface area contributed by atoms with E-state index in [0.29, 0.717) is 18.7 Å². The third-order valence-corrected chi connectivity index (χ3v) is 14.9. The van der Waals surface area contributed by atoms with E-state index in [-0.39, 0.29) is 38.1 Å². The molecule has 0 aliphatic carbocycles. The Hall–Kier alpha value is -3.34. The topological polar surface area (TPSA) is 221 Å². The van der Waals surface area contributed by atoms with Gasteiger partial charge in [-0.25, -0.2) is 4.79 Å². The number of benzene rings is 1. The lowest BCUT2D eigenvalue weighted by Crippen LogP contribution is -2.59. The fourth-order valence-electron chi connectivity index (χ4n) is 10.9. The van der Waals surface area contributed by atoms with Gasteiger partial charge in [-0.05, 0) is 78.8 Å². The molecule has 0 spiro atoms. The van der Waals surface area contributed by atoms with Crippen molar-refractivity contribution in [2.75, 3.05) is 41.5 Å². The summed E-state index contributed by atoms with van der Waals surface area (Å²) in [4.78, 5) is 51.4. The van der Waals surface area contributed by atoms with Gasteiger partial charge in [-0.2, -0.15) is 0 Å². The van der Waals surface area contributed by atoms with Crippen molar-refractivity contribution in [3.8, 4) is 0 Å². The van der Waals surface area contributed by atoms with Crippen LogP contribution in [-0.4, -0.2) is 172 Å². The highest BCUT2D eigenvalue weighted by molar-refractivity contribution is 5.92. The van der Waals surface area contributed by atoms with Crippen LogP contribution in [0.25, 0.3) is 0 Å². The van der Waals surface area contributed by atoms with Gasteiger partial charge in [0, 0.05) is 63.9 Å². The molecule has 1 amide bonds. The second kappa shape index (κ2) is 26.9. The molecule has 3 N–H and O–H groups in total. The molecule has 1 aromatic rings. The van der Waals surface area contributed by atoms with Crippen LogP contribution in [0.4, 0.5) is 4.79 Å². The van der Waals surface area contributed by atoms with E-state index in [1.165, 1.54) is 21.3 Å². The SMILES string of the molecule is CON=C1C[C@@H](C)O[C@@H](O[C@@H]2[C@@H](C)[C@H](O[C@H]3C[C@H](C)N(C)C[C@H](C)O3)[C@@H](C)C(=O)O[C@@H](C(C)CO[C@@H]3O[C@H](C)[C@@H](O)[C@@H](OC)[C@H]3OC)[C@@H](C)[CH][C@@H](C)C(=O)[C@@](C)(OC(=O)NCc3ccccc3)C[C@@H]2C)[C@@H]1O. The number of cyclic esters (lactones) is 1. The average molecular weight is 1020 g/mol. The van der Waals surface area contributed by atoms with Crippen LogP contribution in [0, 0.1) is 41.9 Å². The van der Waals surface area contributed by atoms with Gasteiger partial charge in [0.2, 0.25) is 0 Å². The number of amides is 1. The van der Waals surface area contributed by atoms with Crippen LogP contribution in [0.5, 0.6) is 0 Å². The van der Waals surface area contributed by atoms with E-state index in [2.05, 4.69) is 22.3 Å². The predicted octanol–water partition coefficient (Wildman–Crippen LogP) is 5.45. The Morgan fingerprint density at radius 1 is 0.889 bits per heavy atom. The quantitative estimate of drug-likeness (QED) is 0.156. The maximum atomic E-state index is 15.2. The molecule has 0 saturated carbocycles. The summed E-state index contributed by atoms with van der Waals surface area (Å²) in [6.07, 6.45) is -9.07. The molecular weight excluding hydrogens is 935 g/mol. The summed E-state index contributed by atoms with van der Waals surface area (Å²) in [7, 11) is 6.39. The number of likely N-dealkylation sites (N-methyl/N-ethyl adjacent to an activating group) is 1. The predicted molar refractivity (Wildman–Crippen MR) is 265 cm³/mol. The maximum Gasteiger partial charge on any atom is 0.408 e. The van der Waals surface area contributed by atoms with Crippen molar-refractivity contribution in [3.05, 3.63) is 42.3 Å². The minimum Gasteiger partial charge on any atom is -0.461 e. The molecule has 72 heavy (non-hydrogen) atoms. The molecule has 1 aromatic carbocycles. The Morgan fingerprint density at radius 3 is 2.22 bits per heavy atom. The van der Waals surface area contributed by atoms with Crippen LogP contribution in [0.1, 0.15) is 101 Å². The fraction of sp³-hybridized carbons (Fsp3) is 0.792. The summed E-state index contributed by atoms with van der Waals surface area (Å²) in [5.74, 6) is -5.16. The number of hydrogen-bond donors (Lipinski definition) is 3. The van der Waals surface area contributed by atoms with Crippen LogP contribution in [0.3, 0.4) is 0 Å². The van der Waals surface area contributed by atoms with Crippen molar-refractivity contribution < 1.29 is 76.8 Å². The van der Waals surface area contributed by atoms with Gasteiger partial charge in [0.1, 0.15) is 37.6 Å². The second-order valence-electron chi connectivity index (χ2n) is 21.1. The van der Waals surface area contributed by atoms with E-state index in [0.717, 1.165) is 5.56 Å². The number of rotatable bonds is 14. The molecule has 19 nitrogen and oxygen atoms in total. The van der Waals surface area contributed by atoms with E-state index >= 15 is 9.59 Å². The van der Waals surface area contributed by atoms with Gasteiger partial charge in [-0.15, -0.1) is 0 Å². The van der Waals surface area contributed by atoms with Crippen LogP contribution in [0.15, 0.2) is 35.5 Å². The van der Waals surface area contributed by atoms with Crippen LogP contribution >= 0.6 is 0 Å². The van der Waals surface area contributed by atoms with E-state index < -0.39 is 133 Å². The normalized spacial score (nSPS) is 41.1. The highest BCUT2D eigenvalue weighted by Gasteiger charge is 2.50. The Morgan fingerprint density at radius 2 is 1.57 bits per heavy atom. The molecule has 21 atom stereocenters. The molecule has 4 fully saturated rings. The first-order valence-corrected chi connectivity index (χ1v) is 25.7. The smallest absolute Gasteiger partial charge is 0.408 e. The highest BCUT2D eigenvalue weighted by atomic mass is 16.7. The molecule has 19 heteroatoms. The first kappa shape index (κ1) is 59.5. The summed E-state index contributed by atoms with van der Waals surface area (Å²) < 4.78 is 63.4. The van der Waals surface area contributed by atoms with E-state index in [1.54, 1.807) is 27.7 Å². The number of esters is 1. The molecule has 4 aliphatic heterocycles. The fourth-order valence-corrected chi connectivity index (χ4v) is 10.9. The lowest BCUT2D eigenvalue weighted by Gasteiger charge is -2.44. The van der Waals surface area contributed by atoms with Gasteiger partial charge >= 0.3 is 12.1 Å². The number of aliphatic hydroxyl groups excluding tert-OH is 2. The molecule has 1 radical (unpaired) electrons. The zero-order valence-electron chi connectivity index (χ0n) is 45.3. The van der Waals surface area contributed by atoms with Crippen LogP contribution in [-0.2, 0) is 68.3 Å². The number of methoxy groups -OCH3 is 2. The summed E-state index contributed by atoms with van der Waals surface area (Å²) in [5.41, 5.74) is -0.589. The lowest BCUT2D eigenvalue weighted by atomic mass is 9.75. The van der Waals surface area contributed by atoms with Gasteiger partial charge in [0.25, 0.3) is 0 Å².